The van der Waals surface area contributed by atoms with Gasteiger partial charge >= 0.3 is 0 Å². The maximum absolute atomic E-state index is 4.96. The first-order chi connectivity index (χ1) is 18.8. The third-order valence-electron chi connectivity index (χ3n) is 6.90. The molecule has 0 spiro atoms. The molecule has 1 heterocycles. The van der Waals surface area contributed by atoms with E-state index in [1.807, 2.05) is 6.07 Å². The largest absolute Gasteiger partial charge is 0.208 e. The molecule has 178 valence electrons. The highest BCUT2D eigenvalue weighted by Crippen LogP contribution is 2.29. The van der Waals surface area contributed by atoms with Gasteiger partial charge in [0.2, 0.25) is 0 Å². The van der Waals surface area contributed by atoms with Crippen LogP contribution >= 0.6 is 0 Å². The monoisotopic (exact) mass is 485 g/mol. The minimum atomic E-state index is 0.658. The number of aromatic nitrogens is 3. The van der Waals surface area contributed by atoms with Crippen molar-refractivity contribution in [3.8, 4) is 45.3 Å². The van der Waals surface area contributed by atoms with E-state index in [1.54, 1.807) is 0 Å². The minimum Gasteiger partial charge on any atom is -0.208 e. The van der Waals surface area contributed by atoms with Crippen molar-refractivity contribution < 1.29 is 0 Å². The lowest BCUT2D eigenvalue weighted by atomic mass is 10.0. The quantitative estimate of drug-likeness (QED) is 0.250. The lowest BCUT2D eigenvalue weighted by molar-refractivity contribution is 1.08. The molecule has 7 aromatic rings. The summed E-state index contributed by atoms with van der Waals surface area (Å²) in [6.07, 6.45) is 0. The van der Waals surface area contributed by atoms with Gasteiger partial charge in [0.05, 0.1) is 0 Å². The molecule has 3 nitrogen and oxygen atoms in total. The molecule has 0 atom stereocenters. The molecule has 0 saturated carbocycles. The molecule has 0 saturated heterocycles. The van der Waals surface area contributed by atoms with E-state index in [4.69, 9.17) is 15.0 Å². The van der Waals surface area contributed by atoms with Crippen molar-refractivity contribution >= 4 is 21.5 Å². The highest BCUT2D eigenvalue weighted by molar-refractivity contribution is 5.88. The average molecular weight is 486 g/mol. The Kier molecular flexibility index (Phi) is 5.45. The van der Waals surface area contributed by atoms with Crippen LogP contribution in [0.15, 0.2) is 140 Å². The highest BCUT2D eigenvalue weighted by Gasteiger charge is 2.13. The molecule has 7 rings (SSSR count). The summed E-state index contributed by atoms with van der Waals surface area (Å²) < 4.78 is 0. The molecule has 0 unspecified atom stereocenters. The van der Waals surface area contributed by atoms with Crippen molar-refractivity contribution in [2.24, 2.45) is 0 Å². The smallest absolute Gasteiger partial charge is 0.164 e. The van der Waals surface area contributed by atoms with Gasteiger partial charge in [-0.15, -0.1) is 0 Å². The third kappa shape index (κ3) is 4.21. The first-order valence-corrected chi connectivity index (χ1v) is 12.7. The average Bonchev–Trinajstić information content (AvgIpc) is 3.01. The van der Waals surface area contributed by atoms with E-state index in [2.05, 4.69) is 133 Å². The lowest BCUT2D eigenvalue weighted by Crippen LogP contribution is -2.00. The summed E-state index contributed by atoms with van der Waals surface area (Å²) in [7, 11) is 0. The van der Waals surface area contributed by atoms with E-state index >= 15 is 0 Å². The summed E-state index contributed by atoms with van der Waals surface area (Å²) in [6.45, 7) is 0. The standard InChI is InChI=1S/C35H23N3/c1-2-8-24(9-3-1)27-14-18-28(19-15-27)33-36-34(31-20-16-25-10-4-6-12-29(25)22-31)38-35(37-33)32-21-17-26-11-5-7-13-30(26)23-32/h1-23H. The second-order valence-corrected chi connectivity index (χ2v) is 9.37. The van der Waals surface area contributed by atoms with Gasteiger partial charge in [0.25, 0.3) is 0 Å². The predicted molar refractivity (Wildman–Crippen MR) is 157 cm³/mol. The van der Waals surface area contributed by atoms with Gasteiger partial charge in [-0.3, -0.25) is 0 Å². The Balaban J connectivity index is 1.38. The summed E-state index contributed by atoms with van der Waals surface area (Å²) in [5.41, 5.74) is 5.23. The van der Waals surface area contributed by atoms with Crippen LogP contribution < -0.4 is 0 Å². The van der Waals surface area contributed by atoms with Gasteiger partial charge < -0.3 is 0 Å². The van der Waals surface area contributed by atoms with Crippen molar-refractivity contribution in [3.05, 3.63) is 140 Å². The van der Waals surface area contributed by atoms with E-state index in [-0.39, 0.29) is 0 Å². The van der Waals surface area contributed by atoms with Crippen molar-refractivity contribution in [1.29, 1.82) is 0 Å². The van der Waals surface area contributed by atoms with E-state index in [0.717, 1.165) is 33.0 Å². The van der Waals surface area contributed by atoms with Crippen molar-refractivity contribution in [3.63, 3.8) is 0 Å². The van der Waals surface area contributed by atoms with Crippen LogP contribution in [0.3, 0.4) is 0 Å². The summed E-state index contributed by atoms with van der Waals surface area (Å²) in [4.78, 5) is 14.9. The fraction of sp³-hybridized carbons (Fsp3) is 0. The summed E-state index contributed by atoms with van der Waals surface area (Å²) in [6, 6.07) is 48.2. The topological polar surface area (TPSA) is 38.7 Å². The molecule has 1 aromatic heterocycles. The summed E-state index contributed by atoms with van der Waals surface area (Å²) in [5, 5.41) is 4.70. The molecular weight excluding hydrogens is 462 g/mol. The van der Waals surface area contributed by atoms with Crippen molar-refractivity contribution in [2.75, 3.05) is 0 Å². The molecule has 3 heteroatoms. The second-order valence-electron chi connectivity index (χ2n) is 9.37. The Hall–Kier alpha value is -5.15. The summed E-state index contributed by atoms with van der Waals surface area (Å²) >= 11 is 0. The maximum atomic E-state index is 4.96. The molecule has 38 heavy (non-hydrogen) atoms. The van der Waals surface area contributed by atoms with Crippen LogP contribution in [0, 0.1) is 0 Å². The second kappa shape index (κ2) is 9.38. The zero-order chi connectivity index (χ0) is 25.3. The molecule has 6 aromatic carbocycles. The number of benzene rings is 6. The van der Waals surface area contributed by atoms with Crippen LogP contribution in [0.25, 0.3) is 66.8 Å². The fourth-order valence-electron chi connectivity index (χ4n) is 4.86. The van der Waals surface area contributed by atoms with Gasteiger partial charge in [0, 0.05) is 16.7 Å². The number of fused-ring (bicyclic) bond motifs is 2. The van der Waals surface area contributed by atoms with Crippen LogP contribution in [-0.2, 0) is 0 Å². The zero-order valence-electron chi connectivity index (χ0n) is 20.6. The molecule has 0 N–H and O–H groups in total. The van der Waals surface area contributed by atoms with Gasteiger partial charge in [-0.05, 0) is 44.8 Å². The minimum absolute atomic E-state index is 0.658. The Morgan fingerprint density at radius 3 is 1.16 bits per heavy atom. The van der Waals surface area contributed by atoms with Crippen LogP contribution in [0.1, 0.15) is 0 Å². The molecule has 0 bridgehead atoms. The molecule has 0 aliphatic rings. The van der Waals surface area contributed by atoms with E-state index in [1.165, 1.54) is 16.3 Å². The maximum Gasteiger partial charge on any atom is 0.164 e. The first kappa shape index (κ1) is 22.1. The van der Waals surface area contributed by atoms with Gasteiger partial charge in [0.1, 0.15) is 0 Å². The summed E-state index contributed by atoms with van der Waals surface area (Å²) in [5.74, 6) is 1.98. The molecule has 0 fully saturated rings. The molecule has 0 radical (unpaired) electrons. The molecule has 0 amide bonds. The van der Waals surface area contributed by atoms with Gasteiger partial charge in [0.15, 0.2) is 17.5 Å². The number of rotatable bonds is 4. The molecular formula is C35H23N3. The molecule has 0 aliphatic heterocycles. The van der Waals surface area contributed by atoms with Crippen LogP contribution in [0.5, 0.6) is 0 Å². The fourth-order valence-corrected chi connectivity index (χ4v) is 4.86. The van der Waals surface area contributed by atoms with E-state index in [0.29, 0.717) is 17.5 Å². The van der Waals surface area contributed by atoms with Gasteiger partial charge in [-0.25, -0.2) is 15.0 Å². The Labute approximate surface area is 221 Å². The first-order valence-electron chi connectivity index (χ1n) is 12.7. The van der Waals surface area contributed by atoms with Crippen LogP contribution in [0.4, 0.5) is 0 Å². The van der Waals surface area contributed by atoms with E-state index < -0.39 is 0 Å². The van der Waals surface area contributed by atoms with Crippen molar-refractivity contribution in [1.82, 2.24) is 15.0 Å². The number of nitrogens with zero attached hydrogens (tertiary/aromatic N) is 3. The normalized spacial score (nSPS) is 11.2. The third-order valence-corrected chi connectivity index (χ3v) is 6.90. The predicted octanol–water partition coefficient (Wildman–Crippen LogP) is 8.85. The SMILES string of the molecule is c1ccc(-c2ccc(-c3nc(-c4ccc5ccccc5c4)nc(-c4ccc5ccccc5c4)n3)cc2)cc1. The zero-order valence-corrected chi connectivity index (χ0v) is 20.6. The van der Waals surface area contributed by atoms with Gasteiger partial charge in [-0.1, -0.05) is 127 Å². The Bertz CT molecular complexity index is 1810. The van der Waals surface area contributed by atoms with Crippen molar-refractivity contribution in [2.45, 2.75) is 0 Å². The Morgan fingerprint density at radius 1 is 0.263 bits per heavy atom. The van der Waals surface area contributed by atoms with E-state index in [9.17, 15) is 0 Å². The lowest BCUT2D eigenvalue weighted by Gasteiger charge is -2.10. The number of hydrogen-bond donors (Lipinski definition) is 0. The highest BCUT2D eigenvalue weighted by atomic mass is 15.0. The number of hydrogen-bond acceptors (Lipinski definition) is 3. The molecule has 0 aliphatic carbocycles. The van der Waals surface area contributed by atoms with Crippen LogP contribution in [-0.4, -0.2) is 15.0 Å². The van der Waals surface area contributed by atoms with Gasteiger partial charge in [-0.2, -0.15) is 0 Å². The van der Waals surface area contributed by atoms with Crippen LogP contribution in [0.2, 0.25) is 0 Å². The Morgan fingerprint density at radius 2 is 0.632 bits per heavy atom.